The maximum atomic E-state index is 10.6. The van der Waals surface area contributed by atoms with Crippen molar-refractivity contribution in [2.75, 3.05) is 24.7 Å². The van der Waals surface area contributed by atoms with Crippen LogP contribution in [0.5, 0.6) is 0 Å². The van der Waals surface area contributed by atoms with Gasteiger partial charge in [-0.05, 0) is 75.1 Å². The number of benzene rings is 2. The monoisotopic (exact) mass is 448 g/mol. The predicted molar refractivity (Wildman–Crippen MR) is 126 cm³/mol. The van der Waals surface area contributed by atoms with Gasteiger partial charge in [-0.25, -0.2) is 9.78 Å². The number of carboxylic acids is 1. The maximum Gasteiger partial charge on any atom is 0.329 e. The fourth-order valence-corrected chi connectivity index (χ4v) is 3.90. The summed E-state index contributed by atoms with van der Waals surface area (Å²) in [5, 5.41) is 13.8. The minimum Gasteiger partial charge on any atom is -0.480 e. The number of unbranched alkanes of at least 4 members (excludes halogenated alkanes) is 2. The lowest BCUT2D eigenvalue weighted by Crippen LogP contribution is -2.19. The highest BCUT2D eigenvalue weighted by Crippen LogP contribution is 2.34. The van der Waals surface area contributed by atoms with Crippen LogP contribution in [0.15, 0.2) is 59.6 Å². The predicted octanol–water partition coefficient (Wildman–Crippen LogP) is 5.04. The number of aromatic nitrogens is 3. The molecule has 2 aromatic heterocycles. The summed E-state index contributed by atoms with van der Waals surface area (Å²) >= 11 is 0. The van der Waals surface area contributed by atoms with Gasteiger partial charge in [0, 0.05) is 48.0 Å². The van der Waals surface area contributed by atoms with Gasteiger partial charge in [0.2, 0.25) is 0 Å². The summed E-state index contributed by atoms with van der Waals surface area (Å²) in [5.41, 5.74) is 6.04. The molecule has 0 saturated heterocycles. The van der Waals surface area contributed by atoms with Crippen molar-refractivity contribution in [2.24, 2.45) is 0 Å². The molecule has 0 aliphatic heterocycles. The van der Waals surface area contributed by atoms with E-state index in [1.54, 1.807) is 12.5 Å². The first-order valence-corrected chi connectivity index (χ1v) is 11.0. The Morgan fingerprint density at radius 1 is 1.15 bits per heavy atom. The van der Waals surface area contributed by atoms with Crippen LogP contribution in [0, 0.1) is 13.8 Å². The molecule has 172 valence electrons. The van der Waals surface area contributed by atoms with Gasteiger partial charge in [-0.1, -0.05) is 5.16 Å². The lowest BCUT2D eigenvalue weighted by Gasteiger charge is -2.27. The third-order valence-corrected chi connectivity index (χ3v) is 5.62. The quantitative estimate of drug-likeness (QED) is 0.321. The smallest absolute Gasteiger partial charge is 0.329 e. The number of aliphatic carboxylic acids is 1. The van der Waals surface area contributed by atoms with Crippen molar-refractivity contribution in [3.63, 3.8) is 0 Å². The molecular weight excluding hydrogens is 420 g/mol. The molecule has 0 atom stereocenters. The minimum atomic E-state index is -0.935. The highest BCUT2D eigenvalue weighted by Gasteiger charge is 2.16. The summed E-state index contributed by atoms with van der Waals surface area (Å²) in [6.45, 7) is 5.06. The van der Waals surface area contributed by atoms with Crippen molar-refractivity contribution < 1.29 is 19.2 Å². The van der Waals surface area contributed by atoms with Crippen LogP contribution in [0.2, 0.25) is 0 Å². The summed E-state index contributed by atoms with van der Waals surface area (Å²) in [4.78, 5) is 17.0. The number of hydrogen-bond acceptors (Lipinski definition) is 6. The first-order valence-electron chi connectivity index (χ1n) is 11.0. The van der Waals surface area contributed by atoms with Crippen LogP contribution in [-0.2, 0) is 9.53 Å². The molecule has 33 heavy (non-hydrogen) atoms. The minimum absolute atomic E-state index is 0.243. The molecular formula is C25H28N4O4. The van der Waals surface area contributed by atoms with E-state index in [1.807, 2.05) is 23.8 Å². The number of aryl methyl sites for hydroxylation is 2. The van der Waals surface area contributed by atoms with Gasteiger partial charge in [-0.2, -0.15) is 0 Å². The maximum absolute atomic E-state index is 10.6. The molecule has 2 aromatic carbocycles. The van der Waals surface area contributed by atoms with Crippen LogP contribution in [0.1, 0.15) is 30.5 Å². The Hall–Kier alpha value is -3.65. The van der Waals surface area contributed by atoms with E-state index >= 15 is 0 Å². The molecule has 0 saturated carbocycles. The van der Waals surface area contributed by atoms with E-state index in [4.69, 9.17) is 14.4 Å². The van der Waals surface area contributed by atoms with Crippen molar-refractivity contribution in [1.29, 1.82) is 0 Å². The summed E-state index contributed by atoms with van der Waals surface area (Å²) < 4.78 is 12.6. The number of imidazole rings is 1. The molecule has 0 spiro atoms. The van der Waals surface area contributed by atoms with E-state index in [-0.39, 0.29) is 6.61 Å². The van der Waals surface area contributed by atoms with Gasteiger partial charge in [0.1, 0.15) is 6.61 Å². The number of rotatable bonds is 11. The van der Waals surface area contributed by atoms with Gasteiger partial charge in [0.15, 0.2) is 5.58 Å². The molecule has 0 unspecified atom stereocenters. The Bertz CT molecular complexity index is 1200. The number of nitrogens with zero attached hydrogens (tertiary/aromatic N) is 4. The zero-order valence-electron chi connectivity index (χ0n) is 18.9. The van der Waals surface area contributed by atoms with Crippen molar-refractivity contribution in [2.45, 2.75) is 33.1 Å². The third-order valence-electron chi connectivity index (χ3n) is 5.62. The van der Waals surface area contributed by atoms with Crippen molar-refractivity contribution in [1.82, 2.24) is 14.7 Å². The molecule has 4 rings (SSSR count). The van der Waals surface area contributed by atoms with Crippen molar-refractivity contribution in [3.05, 3.63) is 66.4 Å². The molecule has 8 heteroatoms. The van der Waals surface area contributed by atoms with E-state index < -0.39 is 5.97 Å². The Morgan fingerprint density at radius 2 is 1.97 bits per heavy atom. The lowest BCUT2D eigenvalue weighted by atomic mass is 10.1. The second-order valence-corrected chi connectivity index (χ2v) is 8.05. The first kappa shape index (κ1) is 22.5. The Kier molecular flexibility index (Phi) is 7.04. The molecule has 0 fully saturated rings. The van der Waals surface area contributed by atoms with E-state index in [2.05, 4.69) is 52.3 Å². The average Bonchev–Trinajstić information content (AvgIpc) is 3.46. The number of carbonyl (C=O) groups is 1. The van der Waals surface area contributed by atoms with Crippen LogP contribution in [-0.4, -0.2) is 45.5 Å². The Morgan fingerprint density at radius 3 is 2.70 bits per heavy atom. The van der Waals surface area contributed by atoms with Gasteiger partial charge in [0.05, 0.1) is 12.0 Å². The number of ether oxygens (including phenoxy) is 1. The van der Waals surface area contributed by atoms with E-state index in [0.29, 0.717) is 6.61 Å². The van der Waals surface area contributed by atoms with Gasteiger partial charge < -0.3 is 23.8 Å². The molecule has 0 aliphatic carbocycles. The summed E-state index contributed by atoms with van der Waals surface area (Å²) in [6.07, 6.45) is 8.18. The summed E-state index contributed by atoms with van der Waals surface area (Å²) in [6, 6.07) is 12.6. The zero-order valence-corrected chi connectivity index (χ0v) is 18.9. The normalized spacial score (nSPS) is 11.2. The van der Waals surface area contributed by atoms with Crippen LogP contribution in [0.25, 0.3) is 16.7 Å². The van der Waals surface area contributed by atoms with Crippen LogP contribution in [0.3, 0.4) is 0 Å². The SMILES string of the molecule is Cc1cc2onc(C)c2cc1N(CCCCCOCC(=O)O)c1ccc(-n2ccnc2)cc1. The first-order chi connectivity index (χ1) is 16.0. The topological polar surface area (TPSA) is 93.6 Å². The standard InChI is InChI=1S/C25H28N4O4/c1-18-14-24-22(19(2)27-33-24)15-23(18)29(11-4-3-5-13-32-16-25(30)31)21-8-6-20(7-9-21)28-12-10-26-17-28/h6-10,12,14-15,17H,3-5,11,13,16H2,1-2H3,(H,30,31). The highest BCUT2D eigenvalue weighted by atomic mass is 16.5. The molecule has 8 nitrogen and oxygen atoms in total. The molecule has 0 bridgehead atoms. The van der Waals surface area contributed by atoms with Gasteiger partial charge in [0.25, 0.3) is 0 Å². The van der Waals surface area contributed by atoms with E-state index in [1.165, 1.54) is 0 Å². The fourth-order valence-electron chi connectivity index (χ4n) is 3.90. The third kappa shape index (κ3) is 5.40. The number of carboxylic acid groups (broad SMARTS) is 1. The number of anilines is 2. The van der Waals surface area contributed by atoms with E-state index in [0.717, 1.165) is 65.1 Å². The largest absolute Gasteiger partial charge is 0.480 e. The Labute approximate surface area is 192 Å². The van der Waals surface area contributed by atoms with E-state index in [9.17, 15) is 4.79 Å². The molecule has 2 heterocycles. The summed E-state index contributed by atoms with van der Waals surface area (Å²) in [7, 11) is 0. The second kappa shape index (κ2) is 10.3. The lowest BCUT2D eigenvalue weighted by molar-refractivity contribution is -0.142. The number of fused-ring (bicyclic) bond motifs is 1. The molecule has 0 aliphatic rings. The average molecular weight is 449 g/mol. The van der Waals surface area contributed by atoms with Crippen LogP contribution >= 0.6 is 0 Å². The number of hydrogen-bond donors (Lipinski definition) is 1. The molecule has 0 radical (unpaired) electrons. The van der Waals surface area contributed by atoms with Crippen molar-refractivity contribution >= 4 is 28.3 Å². The van der Waals surface area contributed by atoms with Crippen molar-refractivity contribution in [3.8, 4) is 5.69 Å². The van der Waals surface area contributed by atoms with Crippen LogP contribution in [0.4, 0.5) is 11.4 Å². The molecule has 1 N–H and O–H groups in total. The van der Waals surface area contributed by atoms with Gasteiger partial charge >= 0.3 is 5.97 Å². The molecule has 0 amide bonds. The second-order valence-electron chi connectivity index (χ2n) is 8.05. The van der Waals surface area contributed by atoms with Crippen LogP contribution < -0.4 is 4.90 Å². The highest BCUT2D eigenvalue weighted by molar-refractivity contribution is 5.86. The fraction of sp³-hybridized carbons (Fsp3) is 0.320. The zero-order chi connectivity index (χ0) is 23.2. The molecule has 4 aromatic rings. The van der Waals surface area contributed by atoms with Gasteiger partial charge in [-0.15, -0.1) is 0 Å². The Balaban J connectivity index is 1.54. The summed E-state index contributed by atoms with van der Waals surface area (Å²) in [5.74, 6) is -0.935. The van der Waals surface area contributed by atoms with Gasteiger partial charge in [-0.3, -0.25) is 0 Å².